The Morgan fingerprint density at radius 1 is 0.679 bits per heavy atom. The summed E-state index contributed by atoms with van der Waals surface area (Å²) in [4.78, 5) is 10.4. The van der Waals surface area contributed by atoms with E-state index in [1.807, 2.05) is 6.08 Å². The van der Waals surface area contributed by atoms with E-state index >= 15 is 0 Å². The van der Waals surface area contributed by atoms with Gasteiger partial charge in [0.05, 0.1) is 0 Å². The van der Waals surface area contributed by atoms with Gasteiger partial charge in [0.2, 0.25) is 0 Å². The summed E-state index contributed by atoms with van der Waals surface area (Å²) in [7, 11) is 0. The second kappa shape index (κ2) is 22.0. The van der Waals surface area contributed by atoms with Gasteiger partial charge in [0.15, 0.2) is 0 Å². The maximum absolute atomic E-state index is 10.4. The summed E-state index contributed by atoms with van der Waals surface area (Å²) in [6.07, 6.45) is 32.6. The third kappa shape index (κ3) is 21.0. The zero-order chi connectivity index (χ0) is 20.7. The standard InChI is InChI=1S/C26H46O2/c1-3-5-7-9-11-14-18-22-25(21-17-13-10-8-6-4-2)23-19-15-12-16-20-24-26(27)28/h12,15-16,19-20,24-25H,3-11,13-14,17-18,21-23H2,1-2H3,(H,27,28). The van der Waals surface area contributed by atoms with Gasteiger partial charge in [-0.3, -0.25) is 0 Å². The second-order valence-corrected chi connectivity index (χ2v) is 8.08. The van der Waals surface area contributed by atoms with Crippen molar-refractivity contribution in [1.29, 1.82) is 0 Å². The Labute approximate surface area is 175 Å². The molecule has 0 saturated heterocycles. The van der Waals surface area contributed by atoms with Crippen LogP contribution in [0, 0.1) is 5.92 Å². The Hall–Kier alpha value is -1.31. The molecule has 1 N–H and O–H groups in total. The highest BCUT2D eigenvalue weighted by Crippen LogP contribution is 2.22. The number of carboxylic acid groups (broad SMARTS) is 1. The van der Waals surface area contributed by atoms with Gasteiger partial charge in [-0.25, -0.2) is 4.79 Å². The molecule has 0 aromatic heterocycles. The predicted molar refractivity (Wildman–Crippen MR) is 124 cm³/mol. The SMILES string of the molecule is CCCCCCCCCC(CC=CC=CC=CC(=O)O)CCCCCCCC. The third-order valence-corrected chi connectivity index (χ3v) is 5.36. The maximum atomic E-state index is 10.4. The minimum Gasteiger partial charge on any atom is -0.478 e. The minimum absolute atomic E-state index is 0.807. The molecule has 0 aliphatic heterocycles. The molecule has 0 spiro atoms. The first-order valence-electron chi connectivity index (χ1n) is 11.9. The summed E-state index contributed by atoms with van der Waals surface area (Å²) in [5, 5.41) is 8.56. The molecule has 0 bridgehead atoms. The van der Waals surface area contributed by atoms with E-state index < -0.39 is 5.97 Å². The Balaban J connectivity index is 4.10. The number of unbranched alkanes of at least 4 members (excludes halogenated alkanes) is 11. The monoisotopic (exact) mass is 390 g/mol. The Kier molecular flexibility index (Phi) is 21.0. The average molecular weight is 391 g/mol. The van der Waals surface area contributed by atoms with E-state index in [0.29, 0.717) is 0 Å². The molecular formula is C26H46O2. The van der Waals surface area contributed by atoms with Gasteiger partial charge in [0.1, 0.15) is 0 Å². The van der Waals surface area contributed by atoms with Crippen molar-refractivity contribution in [2.24, 2.45) is 5.92 Å². The van der Waals surface area contributed by atoms with Crippen molar-refractivity contribution in [2.75, 3.05) is 0 Å². The lowest BCUT2D eigenvalue weighted by Crippen LogP contribution is -2.00. The topological polar surface area (TPSA) is 37.3 Å². The van der Waals surface area contributed by atoms with Gasteiger partial charge >= 0.3 is 5.97 Å². The highest BCUT2D eigenvalue weighted by molar-refractivity contribution is 5.80. The predicted octanol–water partition coefficient (Wildman–Crippen LogP) is 8.64. The molecule has 0 aromatic carbocycles. The molecule has 0 saturated carbocycles. The van der Waals surface area contributed by atoms with Crippen molar-refractivity contribution < 1.29 is 9.90 Å². The van der Waals surface area contributed by atoms with Crippen LogP contribution in [0.3, 0.4) is 0 Å². The van der Waals surface area contributed by atoms with Crippen LogP contribution in [0.4, 0.5) is 0 Å². The normalized spacial score (nSPS) is 13.2. The molecule has 28 heavy (non-hydrogen) atoms. The molecule has 162 valence electrons. The average Bonchev–Trinajstić information content (AvgIpc) is 2.68. The van der Waals surface area contributed by atoms with Crippen molar-refractivity contribution in [3.8, 4) is 0 Å². The van der Waals surface area contributed by atoms with E-state index in [9.17, 15) is 4.79 Å². The fraction of sp³-hybridized carbons (Fsp3) is 0.731. The summed E-state index contributed by atoms with van der Waals surface area (Å²) in [5.41, 5.74) is 0. The summed E-state index contributed by atoms with van der Waals surface area (Å²) < 4.78 is 0. The quantitative estimate of drug-likeness (QED) is 0.128. The maximum Gasteiger partial charge on any atom is 0.328 e. The molecule has 1 atom stereocenters. The molecule has 0 rings (SSSR count). The van der Waals surface area contributed by atoms with Crippen LogP contribution in [-0.2, 0) is 4.79 Å². The Morgan fingerprint density at radius 3 is 1.64 bits per heavy atom. The van der Waals surface area contributed by atoms with Crippen LogP contribution in [0.25, 0.3) is 0 Å². The largest absolute Gasteiger partial charge is 0.478 e. The highest BCUT2D eigenvalue weighted by Gasteiger charge is 2.07. The number of hydrogen-bond donors (Lipinski definition) is 1. The lowest BCUT2D eigenvalue weighted by atomic mass is 9.91. The van der Waals surface area contributed by atoms with Crippen molar-refractivity contribution in [1.82, 2.24) is 0 Å². The smallest absolute Gasteiger partial charge is 0.328 e. The number of carboxylic acids is 1. The molecule has 2 heteroatoms. The molecule has 0 radical (unpaired) electrons. The summed E-state index contributed by atoms with van der Waals surface area (Å²) >= 11 is 0. The van der Waals surface area contributed by atoms with E-state index in [4.69, 9.17) is 5.11 Å². The van der Waals surface area contributed by atoms with Gasteiger partial charge in [-0.2, -0.15) is 0 Å². The summed E-state index contributed by atoms with van der Waals surface area (Å²) in [6, 6.07) is 0. The van der Waals surface area contributed by atoms with Gasteiger partial charge in [-0.1, -0.05) is 141 Å². The molecule has 0 amide bonds. The zero-order valence-electron chi connectivity index (χ0n) is 18.7. The first kappa shape index (κ1) is 26.7. The van der Waals surface area contributed by atoms with Crippen LogP contribution in [0.5, 0.6) is 0 Å². The molecule has 0 heterocycles. The van der Waals surface area contributed by atoms with Crippen molar-refractivity contribution >= 4 is 5.97 Å². The van der Waals surface area contributed by atoms with E-state index in [1.54, 1.807) is 12.2 Å². The van der Waals surface area contributed by atoms with Crippen molar-refractivity contribution in [3.63, 3.8) is 0 Å². The number of allylic oxidation sites excluding steroid dienone is 5. The van der Waals surface area contributed by atoms with Crippen LogP contribution < -0.4 is 0 Å². The van der Waals surface area contributed by atoms with E-state index in [2.05, 4.69) is 26.0 Å². The van der Waals surface area contributed by atoms with Crippen LogP contribution in [-0.4, -0.2) is 11.1 Å². The number of carbonyl (C=O) groups is 1. The van der Waals surface area contributed by atoms with Crippen molar-refractivity contribution in [3.05, 3.63) is 36.5 Å². The number of aliphatic carboxylic acids is 1. The van der Waals surface area contributed by atoms with Gasteiger partial charge < -0.3 is 5.11 Å². The summed E-state index contributed by atoms with van der Waals surface area (Å²) in [5.74, 6) is -0.0941. The van der Waals surface area contributed by atoms with Crippen LogP contribution in [0.15, 0.2) is 36.5 Å². The highest BCUT2D eigenvalue weighted by atomic mass is 16.4. The van der Waals surface area contributed by atoms with Gasteiger partial charge in [0, 0.05) is 6.08 Å². The molecule has 1 unspecified atom stereocenters. The van der Waals surface area contributed by atoms with Gasteiger partial charge in [-0.05, 0) is 12.3 Å². The second-order valence-electron chi connectivity index (χ2n) is 8.08. The Bertz CT molecular complexity index is 420. The molecule has 2 nitrogen and oxygen atoms in total. The molecule has 0 aliphatic rings. The summed E-state index contributed by atoms with van der Waals surface area (Å²) in [6.45, 7) is 4.55. The number of hydrogen-bond acceptors (Lipinski definition) is 1. The first-order chi connectivity index (χ1) is 13.7. The number of rotatable bonds is 20. The lowest BCUT2D eigenvalue weighted by Gasteiger charge is -2.15. The fourth-order valence-electron chi connectivity index (χ4n) is 3.60. The van der Waals surface area contributed by atoms with Crippen LogP contribution >= 0.6 is 0 Å². The minimum atomic E-state index is -0.901. The van der Waals surface area contributed by atoms with Gasteiger partial charge in [0.25, 0.3) is 0 Å². The zero-order valence-corrected chi connectivity index (χ0v) is 18.7. The van der Waals surface area contributed by atoms with E-state index in [0.717, 1.165) is 18.4 Å². The molecule has 0 aromatic rings. The van der Waals surface area contributed by atoms with E-state index in [1.165, 1.54) is 96.3 Å². The van der Waals surface area contributed by atoms with Crippen molar-refractivity contribution in [2.45, 2.75) is 117 Å². The Morgan fingerprint density at radius 2 is 1.14 bits per heavy atom. The fourth-order valence-corrected chi connectivity index (χ4v) is 3.60. The first-order valence-corrected chi connectivity index (χ1v) is 11.9. The molecule has 0 fully saturated rings. The van der Waals surface area contributed by atoms with Crippen LogP contribution in [0.2, 0.25) is 0 Å². The van der Waals surface area contributed by atoms with Gasteiger partial charge in [-0.15, -0.1) is 0 Å². The third-order valence-electron chi connectivity index (χ3n) is 5.36. The van der Waals surface area contributed by atoms with E-state index in [-0.39, 0.29) is 0 Å². The molecule has 0 aliphatic carbocycles. The lowest BCUT2D eigenvalue weighted by molar-refractivity contribution is -0.131. The molecular weight excluding hydrogens is 344 g/mol. The van der Waals surface area contributed by atoms with Crippen LogP contribution in [0.1, 0.15) is 117 Å².